The summed E-state index contributed by atoms with van der Waals surface area (Å²) >= 11 is 1.51. The van der Waals surface area contributed by atoms with Crippen LogP contribution in [0.1, 0.15) is 5.56 Å². The Labute approximate surface area is 172 Å². The predicted molar refractivity (Wildman–Crippen MR) is 113 cm³/mol. The lowest BCUT2D eigenvalue weighted by molar-refractivity contribution is -0.118. The van der Waals surface area contributed by atoms with Crippen LogP contribution in [0.25, 0.3) is 11.0 Å². The van der Waals surface area contributed by atoms with Crippen LogP contribution in [0.2, 0.25) is 0 Å². The van der Waals surface area contributed by atoms with E-state index in [1.54, 1.807) is 36.5 Å². The molecule has 7 heteroatoms. The molecule has 2 aromatic carbocycles. The molecule has 0 unspecified atom stereocenters. The first-order chi connectivity index (χ1) is 14.1. The molecule has 0 saturated carbocycles. The van der Waals surface area contributed by atoms with E-state index in [9.17, 15) is 9.18 Å². The second kappa shape index (κ2) is 8.45. The first kappa shape index (κ1) is 19.1. The lowest BCUT2D eigenvalue weighted by Crippen LogP contribution is -2.30. The summed E-state index contributed by atoms with van der Waals surface area (Å²) in [6.45, 7) is 0.152. The van der Waals surface area contributed by atoms with Crippen LogP contribution in [0, 0.1) is 5.82 Å². The number of pyridine rings is 1. The number of amides is 1. The van der Waals surface area contributed by atoms with Gasteiger partial charge in [0, 0.05) is 24.7 Å². The van der Waals surface area contributed by atoms with E-state index in [1.807, 2.05) is 41.0 Å². The maximum atomic E-state index is 13.1. The average Bonchev–Trinajstić information content (AvgIpc) is 3.11. The molecular weight excluding hydrogens is 387 g/mol. The van der Waals surface area contributed by atoms with Gasteiger partial charge in [-0.05, 0) is 35.9 Å². The summed E-state index contributed by atoms with van der Waals surface area (Å²) in [6, 6.07) is 17.8. The van der Waals surface area contributed by atoms with Crippen molar-refractivity contribution in [3.05, 3.63) is 84.4 Å². The van der Waals surface area contributed by atoms with E-state index >= 15 is 0 Å². The lowest BCUT2D eigenvalue weighted by atomic mass is 10.2. The highest BCUT2D eigenvalue weighted by molar-refractivity contribution is 7.98. The summed E-state index contributed by atoms with van der Waals surface area (Å²) in [5, 5.41) is 0.729. The Morgan fingerprint density at radius 1 is 1.10 bits per heavy atom. The molecule has 5 nitrogen and oxygen atoms in total. The summed E-state index contributed by atoms with van der Waals surface area (Å²) < 4.78 is 15.0. The third-order valence-electron chi connectivity index (χ3n) is 4.61. The van der Waals surface area contributed by atoms with Crippen molar-refractivity contribution in [2.24, 2.45) is 0 Å². The van der Waals surface area contributed by atoms with Crippen molar-refractivity contribution >= 4 is 34.4 Å². The van der Waals surface area contributed by atoms with Gasteiger partial charge >= 0.3 is 0 Å². The van der Waals surface area contributed by atoms with E-state index in [0.717, 1.165) is 27.4 Å². The number of hydrogen-bond donors (Lipinski definition) is 0. The van der Waals surface area contributed by atoms with Crippen molar-refractivity contribution in [1.29, 1.82) is 0 Å². The third kappa shape index (κ3) is 4.30. The lowest BCUT2D eigenvalue weighted by Gasteiger charge is -2.18. The predicted octanol–water partition coefficient (Wildman–Crippen LogP) is 4.53. The summed E-state index contributed by atoms with van der Waals surface area (Å²) in [7, 11) is 1.76. The maximum Gasteiger partial charge on any atom is 0.246 e. The van der Waals surface area contributed by atoms with Crippen LogP contribution in [-0.4, -0.2) is 27.5 Å². The van der Waals surface area contributed by atoms with Gasteiger partial charge in [0.25, 0.3) is 0 Å². The van der Waals surface area contributed by atoms with E-state index < -0.39 is 0 Å². The Morgan fingerprint density at radius 2 is 1.86 bits per heavy atom. The van der Waals surface area contributed by atoms with Gasteiger partial charge in [-0.1, -0.05) is 42.1 Å². The molecule has 0 bridgehead atoms. The fraction of sp³-hybridized carbons (Fsp3) is 0.136. The first-order valence-corrected chi connectivity index (χ1v) is 10.1. The van der Waals surface area contributed by atoms with Gasteiger partial charge in [-0.3, -0.25) is 9.78 Å². The van der Waals surface area contributed by atoms with Crippen LogP contribution < -0.4 is 4.90 Å². The fourth-order valence-corrected chi connectivity index (χ4v) is 3.95. The maximum absolute atomic E-state index is 13.1. The van der Waals surface area contributed by atoms with Gasteiger partial charge in [0.1, 0.15) is 12.4 Å². The summed E-state index contributed by atoms with van der Waals surface area (Å²) in [5.41, 5.74) is 3.42. The molecular formula is C22H19FN4OS. The van der Waals surface area contributed by atoms with Crippen LogP contribution in [0.4, 0.5) is 10.1 Å². The number of rotatable bonds is 6. The van der Waals surface area contributed by atoms with Gasteiger partial charge in [0.2, 0.25) is 5.91 Å². The Balaban J connectivity index is 1.59. The molecule has 4 aromatic rings. The molecule has 29 heavy (non-hydrogen) atoms. The standard InChI is InChI=1S/C22H19FN4OS/c1-26(18-5-3-2-4-6-18)21(28)14-27-20-13-24-12-11-19(20)25-22(27)29-15-16-7-9-17(23)10-8-16/h2-13H,14-15H2,1H3. The van der Waals surface area contributed by atoms with E-state index in [4.69, 9.17) is 0 Å². The fourth-order valence-electron chi connectivity index (χ4n) is 2.98. The minimum Gasteiger partial charge on any atom is -0.314 e. The molecule has 4 rings (SSSR count). The third-order valence-corrected chi connectivity index (χ3v) is 5.66. The van der Waals surface area contributed by atoms with Crippen LogP contribution >= 0.6 is 11.8 Å². The Bertz CT molecular complexity index is 1130. The van der Waals surface area contributed by atoms with Gasteiger partial charge in [0.15, 0.2) is 5.16 Å². The molecule has 0 atom stereocenters. The molecule has 2 aromatic heterocycles. The van der Waals surface area contributed by atoms with Crippen LogP contribution in [0.5, 0.6) is 0 Å². The number of halogens is 1. The van der Waals surface area contributed by atoms with Crippen molar-refractivity contribution in [2.75, 3.05) is 11.9 Å². The monoisotopic (exact) mass is 406 g/mol. The van der Waals surface area contributed by atoms with Crippen LogP contribution in [-0.2, 0) is 17.1 Å². The Hall–Kier alpha value is -3.19. The minimum absolute atomic E-state index is 0.0528. The quantitative estimate of drug-likeness (QED) is 0.442. The minimum atomic E-state index is -0.258. The highest BCUT2D eigenvalue weighted by Crippen LogP contribution is 2.27. The molecule has 0 aliphatic carbocycles. The number of imidazole rings is 1. The van der Waals surface area contributed by atoms with Gasteiger partial charge in [-0.25, -0.2) is 9.37 Å². The number of carbonyl (C=O) groups excluding carboxylic acids is 1. The molecule has 2 heterocycles. The molecule has 146 valence electrons. The van der Waals surface area contributed by atoms with E-state index in [0.29, 0.717) is 5.75 Å². The first-order valence-electron chi connectivity index (χ1n) is 9.11. The van der Waals surface area contributed by atoms with Gasteiger partial charge in [0.05, 0.1) is 17.2 Å². The molecule has 0 aliphatic heterocycles. The Morgan fingerprint density at radius 3 is 2.62 bits per heavy atom. The van der Waals surface area contributed by atoms with Crippen molar-refractivity contribution in [1.82, 2.24) is 14.5 Å². The number of aromatic nitrogens is 3. The number of anilines is 1. The van der Waals surface area contributed by atoms with E-state index in [2.05, 4.69) is 9.97 Å². The second-order valence-electron chi connectivity index (χ2n) is 6.55. The van der Waals surface area contributed by atoms with Crippen LogP contribution in [0.3, 0.4) is 0 Å². The zero-order valence-corrected chi connectivity index (χ0v) is 16.6. The molecule has 0 saturated heterocycles. The topological polar surface area (TPSA) is 51.0 Å². The summed E-state index contributed by atoms with van der Waals surface area (Å²) in [6.07, 6.45) is 3.41. The number of likely N-dealkylation sites (N-methyl/N-ethyl adjacent to an activating group) is 1. The van der Waals surface area contributed by atoms with Gasteiger partial charge < -0.3 is 9.47 Å². The zero-order valence-electron chi connectivity index (χ0n) is 15.8. The zero-order chi connectivity index (χ0) is 20.2. The van der Waals surface area contributed by atoms with Gasteiger partial charge in [-0.15, -0.1) is 0 Å². The highest BCUT2D eigenvalue weighted by Gasteiger charge is 2.17. The number of benzene rings is 2. The SMILES string of the molecule is CN(C(=O)Cn1c(SCc2ccc(F)cc2)nc2ccncc21)c1ccccc1. The smallest absolute Gasteiger partial charge is 0.246 e. The largest absolute Gasteiger partial charge is 0.314 e. The highest BCUT2D eigenvalue weighted by atomic mass is 32.2. The summed E-state index contributed by atoms with van der Waals surface area (Å²) in [5.74, 6) is 0.314. The van der Waals surface area contributed by atoms with Crippen molar-refractivity contribution in [2.45, 2.75) is 17.5 Å². The second-order valence-corrected chi connectivity index (χ2v) is 7.49. The molecule has 0 N–H and O–H groups in total. The number of hydrogen-bond acceptors (Lipinski definition) is 4. The normalized spacial score (nSPS) is 11.0. The number of fused-ring (bicyclic) bond motifs is 1. The number of carbonyl (C=O) groups is 1. The molecule has 0 radical (unpaired) electrons. The van der Waals surface area contributed by atoms with Crippen molar-refractivity contribution in [3.63, 3.8) is 0 Å². The van der Waals surface area contributed by atoms with Gasteiger partial charge in [-0.2, -0.15) is 0 Å². The van der Waals surface area contributed by atoms with Crippen LogP contribution in [0.15, 0.2) is 78.2 Å². The number of thioether (sulfide) groups is 1. The summed E-state index contributed by atoms with van der Waals surface area (Å²) in [4.78, 5) is 23.4. The molecule has 0 fully saturated rings. The van der Waals surface area contributed by atoms with E-state index in [-0.39, 0.29) is 18.3 Å². The Kier molecular flexibility index (Phi) is 5.57. The molecule has 0 spiro atoms. The molecule has 0 aliphatic rings. The van der Waals surface area contributed by atoms with E-state index in [1.165, 1.54) is 23.9 Å². The number of nitrogens with zero attached hydrogens (tertiary/aromatic N) is 4. The van der Waals surface area contributed by atoms with Crippen molar-refractivity contribution in [3.8, 4) is 0 Å². The number of para-hydroxylation sites is 1. The molecule has 1 amide bonds. The van der Waals surface area contributed by atoms with Crippen molar-refractivity contribution < 1.29 is 9.18 Å². The average molecular weight is 406 g/mol.